The van der Waals surface area contributed by atoms with Crippen LogP contribution in [0.4, 0.5) is 5.69 Å². The number of carbonyl (C=O) groups is 2. The first kappa shape index (κ1) is 15.3. The zero-order valence-corrected chi connectivity index (χ0v) is 12.9. The van der Waals surface area contributed by atoms with Gasteiger partial charge in [0.1, 0.15) is 0 Å². The highest BCUT2D eigenvalue weighted by molar-refractivity contribution is 6.34. The van der Waals surface area contributed by atoms with E-state index in [2.05, 4.69) is 10.6 Å². The summed E-state index contributed by atoms with van der Waals surface area (Å²) in [5, 5.41) is 15.8. The first-order chi connectivity index (χ1) is 10.5. The predicted octanol–water partition coefficient (Wildman–Crippen LogP) is 2.33. The van der Waals surface area contributed by atoms with E-state index in [4.69, 9.17) is 11.6 Å². The molecule has 0 aromatic heterocycles. The highest BCUT2D eigenvalue weighted by atomic mass is 35.5. The Hall–Kier alpha value is -1.59. The van der Waals surface area contributed by atoms with Crippen molar-refractivity contribution in [2.24, 2.45) is 5.92 Å². The topological polar surface area (TPSA) is 78.4 Å². The molecule has 2 atom stereocenters. The molecule has 2 aliphatic carbocycles. The van der Waals surface area contributed by atoms with E-state index in [1.807, 2.05) is 0 Å². The predicted molar refractivity (Wildman–Crippen MR) is 83.9 cm³/mol. The maximum atomic E-state index is 12.2. The molecule has 0 heterocycles. The number of aliphatic hydroxyl groups excluding tert-OH is 1. The molecule has 0 saturated heterocycles. The second kappa shape index (κ2) is 6.26. The van der Waals surface area contributed by atoms with Crippen LogP contribution in [0.25, 0.3) is 0 Å². The van der Waals surface area contributed by atoms with Gasteiger partial charge in [0.2, 0.25) is 5.91 Å². The molecular formula is C16H19ClN2O3. The van der Waals surface area contributed by atoms with E-state index in [0.29, 0.717) is 29.1 Å². The van der Waals surface area contributed by atoms with Gasteiger partial charge in [-0.2, -0.15) is 0 Å². The van der Waals surface area contributed by atoms with E-state index in [1.54, 1.807) is 18.2 Å². The van der Waals surface area contributed by atoms with Crippen LogP contribution in [0.3, 0.4) is 0 Å². The third kappa shape index (κ3) is 3.42. The van der Waals surface area contributed by atoms with Gasteiger partial charge < -0.3 is 15.7 Å². The van der Waals surface area contributed by atoms with Crippen LogP contribution in [0.5, 0.6) is 0 Å². The van der Waals surface area contributed by atoms with E-state index in [1.165, 1.54) is 0 Å². The van der Waals surface area contributed by atoms with Crippen LogP contribution in [-0.2, 0) is 4.79 Å². The lowest BCUT2D eigenvalue weighted by Gasteiger charge is -2.15. The van der Waals surface area contributed by atoms with Gasteiger partial charge >= 0.3 is 0 Å². The number of rotatable bonds is 4. The van der Waals surface area contributed by atoms with Crippen molar-refractivity contribution < 1.29 is 14.7 Å². The molecule has 0 aliphatic heterocycles. The zero-order chi connectivity index (χ0) is 15.7. The lowest BCUT2D eigenvalue weighted by Crippen LogP contribution is -2.29. The lowest BCUT2D eigenvalue weighted by molar-refractivity contribution is -0.122. The number of hydrogen-bond donors (Lipinski definition) is 3. The molecule has 6 heteroatoms. The average molecular weight is 323 g/mol. The molecule has 0 spiro atoms. The first-order valence-electron chi connectivity index (χ1n) is 7.64. The van der Waals surface area contributed by atoms with Gasteiger partial charge in [-0.15, -0.1) is 0 Å². The van der Waals surface area contributed by atoms with Gasteiger partial charge in [-0.3, -0.25) is 9.59 Å². The van der Waals surface area contributed by atoms with Crippen molar-refractivity contribution in [2.45, 2.75) is 44.2 Å². The molecule has 2 saturated carbocycles. The summed E-state index contributed by atoms with van der Waals surface area (Å²) in [5.74, 6) is -0.801. The minimum absolute atomic E-state index is 0.208. The largest absolute Gasteiger partial charge is 0.392 e. The first-order valence-corrected chi connectivity index (χ1v) is 8.02. The van der Waals surface area contributed by atoms with E-state index in [0.717, 1.165) is 19.3 Å². The molecule has 118 valence electrons. The molecular weight excluding hydrogens is 304 g/mol. The zero-order valence-electron chi connectivity index (χ0n) is 12.1. The van der Waals surface area contributed by atoms with Gasteiger partial charge in [-0.05, 0) is 50.3 Å². The van der Waals surface area contributed by atoms with Gasteiger partial charge in [-0.25, -0.2) is 0 Å². The number of nitrogens with one attached hydrogen (secondary N) is 2. The highest BCUT2D eigenvalue weighted by Crippen LogP contribution is 2.28. The summed E-state index contributed by atoms with van der Waals surface area (Å²) in [6.07, 6.45) is 3.63. The van der Waals surface area contributed by atoms with Gasteiger partial charge in [0, 0.05) is 11.7 Å². The molecule has 0 radical (unpaired) electrons. The number of aliphatic hydroxyl groups is 1. The van der Waals surface area contributed by atoms with Crippen molar-refractivity contribution in [3.8, 4) is 0 Å². The Morgan fingerprint density at radius 3 is 2.59 bits per heavy atom. The van der Waals surface area contributed by atoms with E-state index in [9.17, 15) is 14.7 Å². The summed E-state index contributed by atoms with van der Waals surface area (Å²) >= 11 is 6.07. The Balaban J connectivity index is 1.71. The van der Waals surface area contributed by atoms with Crippen molar-refractivity contribution >= 4 is 29.1 Å². The van der Waals surface area contributed by atoms with Gasteiger partial charge in [0.05, 0.1) is 22.6 Å². The fraction of sp³-hybridized carbons (Fsp3) is 0.500. The van der Waals surface area contributed by atoms with E-state index >= 15 is 0 Å². The van der Waals surface area contributed by atoms with E-state index in [-0.39, 0.29) is 23.8 Å². The maximum Gasteiger partial charge on any atom is 0.253 e. The van der Waals surface area contributed by atoms with Crippen LogP contribution < -0.4 is 10.6 Å². The van der Waals surface area contributed by atoms with Crippen LogP contribution in [0, 0.1) is 5.92 Å². The molecule has 2 amide bonds. The third-order valence-electron chi connectivity index (χ3n) is 4.21. The normalized spacial score (nSPS) is 24.1. The number of amides is 2. The minimum Gasteiger partial charge on any atom is -0.392 e. The number of carbonyl (C=O) groups excluding carboxylic acids is 2. The monoisotopic (exact) mass is 322 g/mol. The maximum absolute atomic E-state index is 12.2. The summed E-state index contributed by atoms with van der Waals surface area (Å²) < 4.78 is 0. The third-order valence-corrected chi connectivity index (χ3v) is 4.54. The molecule has 2 fully saturated rings. The molecule has 3 N–H and O–H groups in total. The van der Waals surface area contributed by atoms with Crippen molar-refractivity contribution in [1.29, 1.82) is 0 Å². The molecule has 0 bridgehead atoms. The quantitative estimate of drug-likeness (QED) is 0.796. The Kier molecular flexibility index (Phi) is 4.36. The Labute approximate surface area is 134 Å². The number of anilines is 1. The molecule has 22 heavy (non-hydrogen) atoms. The summed E-state index contributed by atoms with van der Waals surface area (Å²) in [5.41, 5.74) is 0.882. The molecule has 2 unspecified atom stereocenters. The molecule has 3 rings (SSSR count). The van der Waals surface area contributed by atoms with Gasteiger partial charge in [-0.1, -0.05) is 11.6 Å². The van der Waals surface area contributed by atoms with Crippen molar-refractivity contribution in [3.05, 3.63) is 28.8 Å². The standard InChI is InChI=1S/C16H19ClN2O3/c17-13-7-6-10(8-12(13)16(22)18-9-4-5-9)19-15(21)11-2-1-3-14(11)20/h6-9,11,14,20H,1-5H2,(H,18,22)(H,19,21). The fourth-order valence-electron chi connectivity index (χ4n) is 2.75. The molecule has 5 nitrogen and oxygen atoms in total. The smallest absolute Gasteiger partial charge is 0.253 e. The summed E-state index contributed by atoms with van der Waals surface area (Å²) in [6, 6.07) is 5.09. The fourth-order valence-corrected chi connectivity index (χ4v) is 2.95. The summed E-state index contributed by atoms with van der Waals surface area (Å²) in [4.78, 5) is 24.3. The molecule has 2 aliphatic rings. The van der Waals surface area contributed by atoms with Crippen molar-refractivity contribution in [1.82, 2.24) is 5.32 Å². The number of hydrogen-bond acceptors (Lipinski definition) is 3. The second-order valence-electron chi connectivity index (χ2n) is 6.04. The molecule has 1 aromatic rings. The summed E-state index contributed by atoms with van der Waals surface area (Å²) in [7, 11) is 0. The minimum atomic E-state index is -0.579. The Morgan fingerprint density at radius 2 is 1.95 bits per heavy atom. The average Bonchev–Trinajstić information content (AvgIpc) is 3.19. The Bertz CT molecular complexity index is 601. The van der Waals surface area contributed by atoms with E-state index < -0.39 is 6.10 Å². The SMILES string of the molecule is O=C(NC1CC1)c1cc(NC(=O)C2CCCC2O)ccc1Cl. The molecule has 1 aromatic carbocycles. The van der Waals surface area contributed by atoms with Crippen LogP contribution >= 0.6 is 11.6 Å². The van der Waals surface area contributed by atoms with Crippen molar-refractivity contribution in [3.63, 3.8) is 0 Å². The summed E-state index contributed by atoms with van der Waals surface area (Å²) in [6.45, 7) is 0. The second-order valence-corrected chi connectivity index (χ2v) is 6.44. The van der Waals surface area contributed by atoms with Crippen LogP contribution in [0.2, 0.25) is 5.02 Å². The lowest BCUT2D eigenvalue weighted by atomic mass is 10.0. The van der Waals surface area contributed by atoms with Crippen molar-refractivity contribution in [2.75, 3.05) is 5.32 Å². The van der Waals surface area contributed by atoms with Gasteiger partial charge in [0.15, 0.2) is 0 Å². The van der Waals surface area contributed by atoms with Gasteiger partial charge in [0.25, 0.3) is 5.91 Å². The number of benzene rings is 1. The van der Waals surface area contributed by atoms with Crippen LogP contribution in [-0.4, -0.2) is 29.1 Å². The number of halogens is 1. The highest BCUT2D eigenvalue weighted by Gasteiger charge is 2.31. The van der Waals surface area contributed by atoms with Crippen LogP contribution in [0.1, 0.15) is 42.5 Å². The Morgan fingerprint density at radius 1 is 1.18 bits per heavy atom. The van der Waals surface area contributed by atoms with Crippen LogP contribution in [0.15, 0.2) is 18.2 Å².